The molecule has 1 N–H and O–H groups in total. The van der Waals surface area contributed by atoms with Crippen LogP contribution >= 0.6 is 27.5 Å². The Morgan fingerprint density at radius 1 is 1.20 bits per heavy atom. The standard InChI is InChI=1S/C19H15BrClF3N2O3S/c20-14-7-11-5-6-26(18(27)10-1-2-10)16(11)9-17(14)30(28,29)25-15-8-12(21)3-4-13(15)19(22,23)24/h3-4,7-10,25H,1-2,5-6H2. The number of benzene rings is 2. The Morgan fingerprint density at radius 2 is 1.90 bits per heavy atom. The van der Waals surface area contributed by atoms with Crippen LogP contribution in [0.15, 0.2) is 39.7 Å². The van der Waals surface area contributed by atoms with Crippen molar-refractivity contribution in [2.45, 2.75) is 30.3 Å². The van der Waals surface area contributed by atoms with E-state index in [4.69, 9.17) is 11.6 Å². The van der Waals surface area contributed by atoms with Gasteiger partial charge < -0.3 is 4.90 Å². The van der Waals surface area contributed by atoms with Crippen molar-refractivity contribution in [3.63, 3.8) is 0 Å². The molecule has 2 aliphatic rings. The largest absolute Gasteiger partial charge is 0.418 e. The Kier molecular flexibility index (Phi) is 5.31. The fraction of sp³-hybridized carbons (Fsp3) is 0.316. The molecular weight excluding hydrogens is 509 g/mol. The third-order valence-corrected chi connectivity index (χ3v) is 7.60. The van der Waals surface area contributed by atoms with Crippen molar-refractivity contribution in [1.29, 1.82) is 0 Å². The molecule has 0 aromatic heterocycles. The summed E-state index contributed by atoms with van der Waals surface area (Å²) in [6, 6.07) is 5.58. The predicted octanol–water partition coefficient (Wildman–Crippen LogP) is 5.22. The summed E-state index contributed by atoms with van der Waals surface area (Å²) in [6.07, 6.45) is -2.58. The quantitative estimate of drug-likeness (QED) is 0.597. The molecule has 1 amide bonds. The molecule has 11 heteroatoms. The molecule has 1 saturated carbocycles. The topological polar surface area (TPSA) is 66.5 Å². The van der Waals surface area contributed by atoms with Gasteiger partial charge in [0.25, 0.3) is 10.0 Å². The van der Waals surface area contributed by atoms with E-state index in [0.29, 0.717) is 24.7 Å². The highest BCUT2D eigenvalue weighted by Gasteiger charge is 2.38. The second-order valence-electron chi connectivity index (χ2n) is 7.22. The number of hydrogen-bond donors (Lipinski definition) is 1. The average Bonchev–Trinajstić information content (AvgIpc) is 3.39. The lowest BCUT2D eigenvalue weighted by Gasteiger charge is -2.19. The Bertz CT molecular complexity index is 1150. The Morgan fingerprint density at radius 3 is 2.53 bits per heavy atom. The van der Waals surface area contributed by atoms with E-state index in [0.717, 1.165) is 30.5 Å². The van der Waals surface area contributed by atoms with E-state index < -0.39 is 27.5 Å². The minimum absolute atomic E-state index is 0.0430. The van der Waals surface area contributed by atoms with Gasteiger partial charge in [0.2, 0.25) is 5.91 Å². The van der Waals surface area contributed by atoms with Crippen LogP contribution in [0.1, 0.15) is 24.0 Å². The molecule has 5 nitrogen and oxygen atoms in total. The maximum Gasteiger partial charge on any atom is 0.418 e. The zero-order valence-corrected chi connectivity index (χ0v) is 18.4. The van der Waals surface area contributed by atoms with Crippen LogP contribution in [-0.2, 0) is 27.4 Å². The first kappa shape index (κ1) is 21.5. The monoisotopic (exact) mass is 522 g/mol. The maximum absolute atomic E-state index is 13.3. The third-order valence-electron chi connectivity index (χ3n) is 5.04. The minimum Gasteiger partial charge on any atom is -0.312 e. The highest BCUT2D eigenvalue weighted by molar-refractivity contribution is 9.10. The Hall–Kier alpha value is -1.78. The van der Waals surface area contributed by atoms with Gasteiger partial charge >= 0.3 is 6.18 Å². The Balaban J connectivity index is 1.73. The van der Waals surface area contributed by atoms with Gasteiger partial charge in [0.05, 0.1) is 11.3 Å². The summed E-state index contributed by atoms with van der Waals surface area (Å²) in [4.78, 5) is 13.8. The molecule has 2 aromatic carbocycles. The van der Waals surface area contributed by atoms with E-state index in [1.54, 1.807) is 11.0 Å². The SMILES string of the molecule is O=C(C1CC1)N1CCc2cc(Br)c(S(=O)(=O)Nc3cc(Cl)ccc3C(F)(F)F)cc21. The van der Waals surface area contributed by atoms with Crippen LogP contribution in [0.25, 0.3) is 0 Å². The highest BCUT2D eigenvalue weighted by Crippen LogP contribution is 2.41. The number of hydrogen-bond acceptors (Lipinski definition) is 3. The fourth-order valence-corrected chi connectivity index (χ4v) is 5.77. The van der Waals surface area contributed by atoms with Crippen molar-refractivity contribution in [2.24, 2.45) is 5.92 Å². The molecule has 1 heterocycles. The van der Waals surface area contributed by atoms with Gasteiger partial charge in [-0.05, 0) is 71.1 Å². The van der Waals surface area contributed by atoms with Crippen LogP contribution in [0.2, 0.25) is 5.02 Å². The summed E-state index contributed by atoms with van der Waals surface area (Å²) in [5.41, 5.74) is -0.558. The summed E-state index contributed by atoms with van der Waals surface area (Å²) < 4.78 is 68.1. The van der Waals surface area contributed by atoms with Gasteiger partial charge in [0.15, 0.2) is 0 Å². The zero-order chi connectivity index (χ0) is 21.8. The van der Waals surface area contributed by atoms with Gasteiger partial charge in [-0.3, -0.25) is 9.52 Å². The van der Waals surface area contributed by atoms with E-state index in [-0.39, 0.29) is 26.2 Å². The number of nitrogens with zero attached hydrogens (tertiary/aromatic N) is 1. The van der Waals surface area contributed by atoms with Crippen molar-refractivity contribution in [3.8, 4) is 0 Å². The van der Waals surface area contributed by atoms with Gasteiger partial charge in [-0.15, -0.1) is 0 Å². The fourth-order valence-electron chi connectivity index (χ4n) is 3.42. The van der Waals surface area contributed by atoms with Gasteiger partial charge in [-0.2, -0.15) is 13.2 Å². The number of carbonyl (C=O) groups is 1. The molecular formula is C19H15BrClF3N2O3S. The number of halogens is 5. The zero-order valence-electron chi connectivity index (χ0n) is 15.3. The predicted molar refractivity (Wildman–Crippen MR) is 110 cm³/mol. The van der Waals surface area contributed by atoms with Crippen LogP contribution in [-0.4, -0.2) is 20.9 Å². The van der Waals surface area contributed by atoms with Crippen molar-refractivity contribution in [1.82, 2.24) is 0 Å². The van der Waals surface area contributed by atoms with Crippen molar-refractivity contribution >= 4 is 54.8 Å². The first-order valence-corrected chi connectivity index (χ1v) is 11.7. The number of nitrogens with one attached hydrogen (secondary N) is 1. The minimum atomic E-state index is -4.77. The summed E-state index contributed by atoms with van der Waals surface area (Å²) in [5.74, 6) is -0.0971. The molecule has 0 saturated heterocycles. The highest BCUT2D eigenvalue weighted by atomic mass is 79.9. The lowest BCUT2D eigenvalue weighted by Crippen LogP contribution is -2.30. The molecule has 30 heavy (non-hydrogen) atoms. The van der Waals surface area contributed by atoms with Gasteiger partial charge in [0.1, 0.15) is 4.90 Å². The lowest BCUT2D eigenvalue weighted by molar-refractivity contribution is -0.136. The normalized spacial score (nSPS) is 16.5. The number of anilines is 2. The van der Waals surface area contributed by atoms with E-state index in [1.807, 2.05) is 4.72 Å². The summed E-state index contributed by atoms with van der Waals surface area (Å²) >= 11 is 8.98. The molecule has 2 aromatic rings. The molecule has 0 spiro atoms. The molecule has 4 rings (SSSR count). The van der Waals surface area contributed by atoms with Gasteiger partial charge in [-0.1, -0.05) is 11.6 Å². The van der Waals surface area contributed by atoms with Crippen molar-refractivity contribution < 1.29 is 26.4 Å². The second-order valence-corrected chi connectivity index (χ2v) is 10.2. The van der Waals surface area contributed by atoms with Crippen molar-refractivity contribution in [2.75, 3.05) is 16.2 Å². The van der Waals surface area contributed by atoms with Crippen LogP contribution < -0.4 is 9.62 Å². The second kappa shape index (κ2) is 7.42. The number of carbonyl (C=O) groups excluding carboxylic acids is 1. The first-order chi connectivity index (χ1) is 14.0. The molecule has 160 valence electrons. The maximum atomic E-state index is 13.3. The number of fused-ring (bicyclic) bond motifs is 1. The summed E-state index contributed by atoms with van der Waals surface area (Å²) in [5, 5.41) is -0.0464. The van der Waals surface area contributed by atoms with Crippen LogP contribution in [0.3, 0.4) is 0 Å². The third kappa shape index (κ3) is 4.04. The van der Waals surface area contributed by atoms with Gasteiger partial charge in [0, 0.05) is 27.6 Å². The van der Waals surface area contributed by atoms with E-state index in [1.165, 1.54) is 6.07 Å². The molecule has 0 radical (unpaired) electrons. The van der Waals surface area contributed by atoms with E-state index >= 15 is 0 Å². The summed E-state index contributed by atoms with van der Waals surface area (Å²) in [7, 11) is -4.41. The van der Waals surface area contributed by atoms with Crippen molar-refractivity contribution in [3.05, 3.63) is 51.0 Å². The van der Waals surface area contributed by atoms with Crippen LogP contribution in [0.5, 0.6) is 0 Å². The van der Waals surface area contributed by atoms with Crippen LogP contribution in [0.4, 0.5) is 24.5 Å². The molecule has 0 atom stereocenters. The first-order valence-electron chi connectivity index (χ1n) is 9.01. The Labute approximate surface area is 184 Å². The molecule has 1 aliphatic heterocycles. The number of amides is 1. The van der Waals surface area contributed by atoms with Crippen LogP contribution in [0, 0.1) is 5.92 Å². The molecule has 1 aliphatic carbocycles. The summed E-state index contributed by atoms with van der Waals surface area (Å²) in [6.45, 7) is 0.445. The molecule has 0 unspecified atom stereocenters. The lowest BCUT2D eigenvalue weighted by atomic mass is 10.2. The van der Waals surface area contributed by atoms with Gasteiger partial charge in [-0.25, -0.2) is 8.42 Å². The number of sulfonamides is 1. The van der Waals surface area contributed by atoms with E-state index in [2.05, 4.69) is 15.9 Å². The number of rotatable bonds is 4. The molecule has 1 fully saturated rings. The molecule has 0 bridgehead atoms. The number of alkyl halides is 3. The smallest absolute Gasteiger partial charge is 0.312 e. The van der Waals surface area contributed by atoms with E-state index in [9.17, 15) is 26.4 Å². The average molecular weight is 524 g/mol.